The van der Waals surface area contributed by atoms with E-state index in [1.165, 1.54) is 0 Å². The first-order valence-electron chi connectivity index (χ1n) is 15.5. The molecule has 4 aromatic heterocycles. The van der Waals surface area contributed by atoms with Crippen molar-refractivity contribution >= 4 is 65.0 Å². The van der Waals surface area contributed by atoms with E-state index < -0.39 is 0 Å². The Bertz CT molecular complexity index is 2070. The highest BCUT2D eigenvalue weighted by molar-refractivity contribution is 5.81. The van der Waals surface area contributed by atoms with Crippen molar-refractivity contribution in [3.63, 3.8) is 0 Å². The van der Waals surface area contributed by atoms with Gasteiger partial charge in [0.15, 0.2) is 0 Å². The molecule has 0 unspecified atom stereocenters. The summed E-state index contributed by atoms with van der Waals surface area (Å²) >= 11 is 0. The second kappa shape index (κ2) is 14.4. The van der Waals surface area contributed by atoms with Gasteiger partial charge in [0, 0.05) is 67.1 Å². The van der Waals surface area contributed by atoms with E-state index in [9.17, 15) is 0 Å². The van der Waals surface area contributed by atoms with Gasteiger partial charge in [0.25, 0.3) is 0 Å². The third-order valence-corrected chi connectivity index (χ3v) is 7.57. The molecule has 48 heavy (non-hydrogen) atoms. The Hall–Kier alpha value is -6.99. The van der Waals surface area contributed by atoms with Crippen LogP contribution in [-0.2, 0) is 0 Å². The monoisotopic (exact) mass is 609 g/mol. The Morgan fingerprint density at radius 2 is 0.542 bits per heavy atom. The third kappa shape index (κ3) is 7.62. The molecule has 4 heterocycles. The van der Waals surface area contributed by atoms with E-state index in [0.29, 0.717) is 0 Å². The molecule has 0 radical (unpaired) electrons. The van der Waals surface area contributed by atoms with Crippen molar-refractivity contribution in [1.29, 1.82) is 0 Å². The Balaban J connectivity index is 1.40. The molecular weight excluding hydrogens is 583 g/mol. The van der Waals surface area contributed by atoms with Crippen molar-refractivity contribution in [2.24, 2.45) is 0 Å². The number of hydrogen-bond donors (Lipinski definition) is 0. The van der Waals surface area contributed by atoms with E-state index in [4.69, 9.17) is 15.0 Å². The van der Waals surface area contributed by atoms with Crippen LogP contribution in [0.15, 0.2) is 164 Å². The van der Waals surface area contributed by atoms with Crippen LogP contribution < -0.4 is 0 Å². The summed E-state index contributed by atoms with van der Waals surface area (Å²) in [7, 11) is 0. The molecule has 0 fully saturated rings. The van der Waals surface area contributed by atoms with Crippen molar-refractivity contribution in [3.05, 3.63) is 201 Å². The normalized spacial score (nSPS) is 10.0. The van der Waals surface area contributed by atoms with E-state index >= 15 is 0 Å². The first-order chi connectivity index (χ1) is 23.7. The second-order valence-electron chi connectivity index (χ2n) is 10.9. The van der Waals surface area contributed by atoms with E-state index in [2.05, 4.69) is 36.4 Å². The van der Waals surface area contributed by atoms with Gasteiger partial charge in [-0.1, -0.05) is 91.0 Å². The second-order valence-corrected chi connectivity index (χ2v) is 10.9. The molecule has 0 aliphatic carbocycles. The molecule has 3 nitrogen and oxygen atoms in total. The summed E-state index contributed by atoms with van der Waals surface area (Å²) in [5.74, 6) is 0. The van der Waals surface area contributed by atoms with Gasteiger partial charge in [-0.15, -0.1) is 0 Å². The summed E-state index contributed by atoms with van der Waals surface area (Å²) in [5.41, 5.74) is 2.52. The van der Waals surface area contributed by atoms with E-state index in [0.717, 1.165) is 65.0 Å². The molecule has 6 bridgehead atoms. The molecule has 0 spiro atoms. The fraction of sp³-hybridized carbons (Fsp3) is 0. The van der Waals surface area contributed by atoms with Crippen LogP contribution >= 0.6 is 0 Å². The predicted octanol–water partition coefficient (Wildman–Crippen LogP) is 10.7. The van der Waals surface area contributed by atoms with Gasteiger partial charge in [-0.3, -0.25) is 15.0 Å². The van der Waals surface area contributed by atoms with Crippen LogP contribution in [0.5, 0.6) is 0 Å². The van der Waals surface area contributed by atoms with Crippen LogP contribution in [0.25, 0.3) is 65.0 Å². The largest absolute Gasteiger partial charge is 0.256 e. The molecular formula is C45H27N3. The fourth-order valence-corrected chi connectivity index (χ4v) is 4.91. The van der Waals surface area contributed by atoms with Gasteiger partial charge >= 0.3 is 0 Å². The maximum atomic E-state index is 4.71. The SMILES string of the molecule is c1c2ccc(cc2)ncc2ccccc2c#cc2ccc(cc2)ncc2ccccc2c#cc2ccc(cc2)ncc2ccccc2c#1. The molecule has 0 atom stereocenters. The third-order valence-electron chi connectivity index (χ3n) is 7.57. The molecule has 3 heteroatoms. The van der Waals surface area contributed by atoms with Gasteiger partial charge in [0.1, 0.15) is 0 Å². The lowest BCUT2D eigenvalue weighted by molar-refractivity contribution is 1.44. The first-order valence-corrected chi connectivity index (χ1v) is 15.5. The summed E-state index contributed by atoms with van der Waals surface area (Å²) in [5, 5.41) is 8.28. The zero-order chi connectivity index (χ0) is 32.4. The summed E-state index contributed by atoms with van der Waals surface area (Å²) in [6, 6.07) is 67.5. The van der Waals surface area contributed by atoms with Gasteiger partial charge in [-0.25, -0.2) is 0 Å². The molecule has 0 aliphatic heterocycles. The lowest BCUT2D eigenvalue weighted by Crippen LogP contribution is -1.72. The number of aromatic nitrogens is 3. The van der Waals surface area contributed by atoms with Gasteiger partial charge in [-0.05, 0) is 91.0 Å². The maximum Gasteiger partial charge on any atom is 0.0630 e. The summed E-state index contributed by atoms with van der Waals surface area (Å²) < 4.78 is 0. The van der Waals surface area contributed by atoms with Crippen molar-refractivity contribution in [2.75, 3.05) is 0 Å². The van der Waals surface area contributed by atoms with Crippen LogP contribution in [0, 0.1) is 36.4 Å². The smallest absolute Gasteiger partial charge is 0.0630 e. The van der Waals surface area contributed by atoms with E-state index in [1.807, 2.05) is 164 Å². The standard InChI is InChI=1S/C45H27N3/c1-4-10-40-31-46-43-27-18-35(19-28-43)14-23-38-8-3-6-12-42(38)33-48-45-29-20-36(21-30-45)15-24-39-9-2-5-11-41(39)32-47-44-25-16-34(17-26-44)13-22-37(40)7-1/h1-12,16-21,25-33H. The Kier molecular flexibility index (Phi) is 8.92. The van der Waals surface area contributed by atoms with Crippen molar-refractivity contribution in [3.8, 4) is 0 Å². The summed E-state index contributed by atoms with van der Waals surface area (Å²) in [6.45, 7) is 0. The van der Waals surface area contributed by atoms with Crippen molar-refractivity contribution in [2.45, 2.75) is 0 Å². The zero-order valence-electron chi connectivity index (χ0n) is 25.9. The predicted molar refractivity (Wildman–Crippen MR) is 197 cm³/mol. The number of benzene rings is 6. The highest BCUT2D eigenvalue weighted by atomic mass is 14.6. The Morgan fingerprint density at radius 3 is 0.833 bits per heavy atom. The zero-order valence-corrected chi connectivity index (χ0v) is 25.9. The lowest BCUT2D eigenvalue weighted by Gasteiger charge is -1.90. The molecule has 0 aliphatic rings. The van der Waals surface area contributed by atoms with Crippen LogP contribution in [-0.4, -0.2) is 15.0 Å². The van der Waals surface area contributed by atoms with Crippen LogP contribution in [0.4, 0.5) is 0 Å². The number of hydrogen-bond acceptors (Lipinski definition) is 3. The Labute approximate surface area is 279 Å². The topological polar surface area (TPSA) is 38.7 Å². The number of rotatable bonds is 0. The molecule has 6 aromatic carbocycles. The highest BCUT2D eigenvalue weighted by Crippen LogP contribution is 2.11. The maximum absolute atomic E-state index is 4.71. The minimum absolute atomic E-state index is 0.839. The van der Waals surface area contributed by atoms with Crippen LogP contribution in [0.2, 0.25) is 0 Å². The lowest BCUT2D eigenvalue weighted by atomic mass is 10.2. The summed E-state index contributed by atoms with van der Waals surface area (Å²) in [4.78, 5) is 14.1. The molecule has 10 aromatic rings. The van der Waals surface area contributed by atoms with E-state index in [-0.39, 0.29) is 0 Å². The van der Waals surface area contributed by atoms with Gasteiger partial charge in [0.2, 0.25) is 0 Å². The highest BCUT2D eigenvalue weighted by Gasteiger charge is 1.90. The minimum Gasteiger partial charge on any atom is -0.256 e. The first kappa shape index (κ1) is 29.7. The molecule has 222 valence electrons. The van der Waals surface area contributed by atoms with Gasteiger partial charge in [-0.2, -0.15) is 0 Å². The van der Waals surface area contributed by atoms with Crippen molar-refractivity contribution < 1.29 is 0 Å². The van der Waals surface area contributed by atoms with E-state index in [1.54, 1.807) is 0 Å². The molecule has 0 saturated carbocycles. The number of fused-ring (bicyclic) bond motifs is 3. The van der Waals surface area contributed by atoms with Crippen LogP contribution in [0.3, 0.4) is 0 Å². The fourth-order valence-electron chi connectivity index (χ4n) is 4.91. The van der Waals surface area contributed by atoms with Crippen molar-refractivity contribution in [1.82, 2.24) is 15.0 Å². The quantitative estimate of drug-likeness (QED) is 0.172. The van der Waals surface area contributed by atoms with Crippen LogP contribution in [0.1, 0.15) is 0 Å². The average molecular weight is 610 g/mol. The molecule has 0 N–H and O–H groups in total. The summed E-state index contributed by atoms with van der Waals surface area (Å²) in [6.07, 6.45) is 5.56. The van der Waals surface area contributed by atoms with Gasteiger partial charge in [0.05, 0.1) is 16.6 Å². The molecule has 0 saturated heterocycles. The molecule has 0 amide bonds. The average Bonchev–Trinajstić information content (AvgIpc) is 3.15. The minimum atomic E-state index is 0.839. The molecule has 10 rings (SSSR count). The Morgan fingerprint density at radius 1 is 0.271 bits per heavy atom. The number of nitrogens with zero attached hydrogens (tertiary/aromatic N) is 3. The van der Waals surface area contributed by atoms with Gasteiger partial charge < -0.3 is 0 Å².